The van der Waals surface area contributed by atoms with Gasteiger partial charge in [0.05, 0.1) is 16.8 Å². The van der Waals surface area contributed by atoms with E-state index in [1.807, 2.05) is 25.1 Å². The Morgan fingerprint density at radius 3 is 2.36 bits per heavy atom. The van der Waals surface area contributed by atoms with Gasteiger partial charge < -0.3 is 4.74 Å². The minimum atomic E-state index is -0.552. The van der Waals surface area contributed by atoms with Crippen LogP contribution in [0.25, 0.3) is 22.2 Å². The van der Waals surface area contributed by atoms with Crippen molar-refractivity contribution in [3.05, 3.63) is 100 Å². The number of nitrogens with zero attached hydrogens (tertiary/aromatic N) is 1. The average molecular weight is 500 g/mol. The zero-order chi connectivity index (χ0) is 25.5. The number of aromatic nitrogens is 1. The number of benzene rings is 3. The summed E-state index contributed by atoms with van der Waals surface area (Å²) in [5.74, 6) is -0.839. The van der Waals surface area contributed by atoms with Crippen molar-refractivity contribution in [1.29, 1.82) is 0 Å². The van der Waals surface area contributed by atoms with E-state index in [4.69, 9.17) is 21.3 Å². The molecule has 36 heavy (non-hydrogen) atoms. The van der Waals surface area contributed by atoms with Gasteiger partial charge in [0.2, 0.25) is 0 Å². The fourth-order valence-electron chi connectivity index (χ4n) is 4.18. The van der Waals surface area contributed by atoms with Gasteiger partial charge in [-0.1, -0.05) is 73.7 Å². The number of ketones is 1. The fourth-order valence-corrected chi connectivity index (χ4v) is 4.31. The van der Waals surface area contributed by atoms with Gasteiger partial charge in [0, 0.05) is 21.5 Å². The molecule has 0 spiro atoms. The highest BCUT2D eigenvalue weighted by molar-refractivity contribution is 6.30. The Bertz CT molecular complexity index is 1360. The molecule has 0 saturated carbocycles. The molecule has 184 valence electrons. The van der Waals surface area contributed by atoms with Crippen molar-refractivity contribution >= 4 is 34.3 Å². The standard InChI is InChI=1S/C31H30ClNO3/c1-3-4-5-6-7-22-9-11-23(12-10-22)29-19-27(26-18-21(2)8-17-28(26)33-29)31(35)36-20-30(34)24-13-15-25(32)16-14-24/h8-19H,3-7,20H2,1-2H3. The third kappa shape index (κ3) is 6.38. The number of aryl methyl sites for hydroxylation is 2. The molecule has 0 saturated heterocycles. The molecule has 0 aliphatic heterocycles. The highest BCUT2D eigenvalue weighted by atomic mass is 35.5. The molecule has 1 aromatic heterocycles. The number of Topliss-reactive ketones (excluding diaryl/α,β-unsaturated/α-hetero) is 1. The fraction of sp³-hybridized carbons (Fsp3) is 0.258. The van der Waals surface area contributed by atoms with E-state index in [2.05, 4.69) is 31.2 Å². The van der Waals surface area contributed by atoms with Crippen molar-refractivity contribution in [2.45, 2.75) is 46.0 Å². The third-order valence-electron chi connectivity index (χ3n) is 6.25. The summed E-state index contributed by atoms with van der Waals surface area (Å²) in [6.45, 7) is 3.83. The molecule has 4 aromatic rings. The van der Waals surface area contributed by atoms with Crippen LogP contribution in [0.1, 0.15) is 64.4 Å². The van der Waals surface area contributed by atoms with Crippen LogP contribution in [0.15, 0.2) is 72.8 Å². The van der Waals surface area contributed by atoms with Crippen molar-refractivity contribution in [1.82, 2.24) is 4.98 Å². The van der Waals surface area contributed by atoms with Crippen LogP contribution in [0.2, 0.25) is 5.02 Å². The minimum absolute atomic E-state index is 0.288. The largest absolute Gasteiger partial charge is 0.454 e. The number of carbonyl (C=O) groups is 2. The van der Waals surface area contributed by atoms with Crippen LogP contribution < -0.4 is 0 Å². The second-order valence-electron chi connectivity index (χ2n) is 9.09. The molecule has 0 aliphatic carbocycles. The molecular formula is C31H30ClNO3. The molecule has 0 atom stereocenters. The number of unbranched alkanes of at least 4 members (excludes halogenated alkanes) is 3. The first-order chi connectivity index (χ1) is 17.4. The Balaban J connectivity index is 1.57. The smallest absolute Gasteiger partial charge is 0.339 e. The zero-order valence-electron chi connectivity index (χ0n) is 20.7. The Morgan fingerprint density at radius 2 is 1.64 bits per heavy atom. The number of carbonyl (C=O) groups excluding carboxylic acids is 2. The quantitative estimate of drug-likeness (QED) is 0.126. The summed E-state index contributed by atoms with van der Waals surface area (Å²) in [7, 11) is 0. The first-order valence-electron chi connectivity index (χ1n) is 12.4. The molecule has 0 unspecified atom stereocenters. The van der Waals surface area contributed by atoms with Gasteiger partial charge in [-0.05, 0) is 67.8 Å². The van der Waals surface area contributed by atoms with Crippen molar-refractivity contribution < 1.29 is 14.3 Å². The summed E-state index contributed by atoms with van der Waals surface area (Å²) in [4.78, 5) is 30.5. The monoisotopic (exact) mass is 499 g/mol. The van der Waals surface area contributed by atoms with Gasteiger partial charge in [0.15, 0.2) is 12.4 Å². The van der Waals surface area contributed by atoms with Crippen LogP contribution in [0.4, 0.5) is 0 Å². The van der Waals surface area contributed by atoms with E-state index in [1.54, 1.807) is 30.3 Å². The number of esters is 1. The molecule has 4 nitrogen and oxygen atoms in total. The van der Waals surface area contributed by atoms with Gasteiger partial charge in [-0.25, -0.2) is 9.78 Å². The first kappa shape index (κ1) is 25.6. The second kappa shape index (κ2) is 12.0. The van der Waals surface area contributed by atoms with Gasteiger partial charge in [0.25, 0.3) is 0 Å². The summed E-state index contributed by atoms with van der Waals surface area (Å²) in [6, 6.07) is 22.4. The van der Waals surface area contributed by atoms with E-state index in [9.17, 15) is 9.59 Å². The van der Waals surface area contributed by atoms with E-state index in [-0.39, 0.29) is 12.4 Å². The summed E-state index contributed by atoms with van der Waals surface area (Å²) in [6.07, 6.45) is 5.99. The number of hydrogen-bond donors (Lipinski definition) is 0. The summed E-state index contributed by atoms with van der Waals surface area (Å²) in [5, 5.41) is 1.24. The third-order valence-corrected chi connectivity index (χ3v) is 6.51. The SMILES string of the molecule is CCCCCCc1ccc(-c2cc(C(=O)OCC(=O)c3ccc(Cl)cc3)c3cc(C)ccc3n2)cc1. The number of halogens is 1. The number of rotatable bonds is 10. The van der Waals surface area contributed by atoms with Crippen molar-refractivity contribution in [3.63, 3.8) is 0 Å². The van der Waals surface area contributed by atoms with E-state index in [0.29, 0.717) is 32.7 Å². The number of pyridine rings is 1. The number of fused-ring (bicyclic) bond motifs is 1. The summed E-state index contributed by atoms with van der Waals surface area (Å²) < 4.78 is 5.45. The molecule has 1 heterocycles. The zero-order valence-corrected chi connectivity index (χ0v) is 21.5. The van der Waals surface area contributed by atoms with Gasteiger partial charge in [0.1, 0.15) is 0 Å². The van der Waals surface area contributed by atoms with Crippen LogP contribution in [0, 0.1) is 6.92 Å². The molecule has 0 aliphatic rings. The molecule has 3 aromatic carbocycles. The maximum atomic E-state index is 13.1. The Morgan fingerprint density at radius 1 is 0.889 bits per heavy atom. The van der Waals surface area contributed by atoms with Crippen LogP contribution in [-0.4, -0.2) is 23.3 Å². The maximum Gasteiger partial charge on any atom is 0.339 e. The van der Waals surface area contributed by atoms with Crippen molar-refractivity contribution in [3.8, 4) is 11.3 Å². The second-order valence-corrected chi connectivity index (χ2v) is 9.53. The maximum absolute atomic E-state index is 13.1. The number of ether oxygens (including phenoxy) is 1. The van der Waals surface area contributed by atoms with Gasteiger partial charge in [-0.3, -0.25) is 4.79 Å². The predicted molar refractivity (Wildman–Crippen MR) is 146 cm³/mol. The number of hydrogen-bond acceptors (Lipinski definition) is 4. The van der Waals surface area contributed by atoms with E-state index in [0.717, 1.165) is 17.5 Å². The van der Waals surface area contributed by atoms with Crippen LogP contribution in [0.5, 0.6) is 0 Å². The van der Waals surface area contributed by atoms with E-state index >= 15 is 0 Å². The van der Waals surface area contributed by atoms with Gasteiger partial charge in [-0.2, -0.15) is 0 Å². The van der Waals surface area contributed by atoms with Gasteiger partial charge in [-0.15, -0.1) is 0 Å². The lowest BCUT2D eigenvalue weighted by atomic mass is 10.0. The summed E-state index contributed by atoms with van der Waals surface area (Å²) >= 11 is 5.90. The molecule has 0 bridgehead atoms. The lowest BCUT2D eigenvalue weighted by Crippen LogP contribution is -2.15. The lowest BCUT2D eigenvalue weighted by Gasteiger charge is -2.11. The van der Waals surface area contributed by atoms with E-state index in [1.165, 1.54) is 31.2 Å². The predicted octanol–water partition coefficient (Wildman–Crippen LogP) is 8.03. The molecule has 0 radical (unpaired) electrons. The Labute approximate surface area is 217 Å². The lowest BCUT2D eigenvalue weighted by molar-refractivity contribution is 0.0476. The topological polar surface area (TPSA) is 56.3 Å². The minimum Gasteiger partial charge on any atom is -0.454 e. The molecule has 0 amide bonds. The van der Waals surface area contributed by atoms with Gasteiger partial charge >= 0.3 is 5.97 Å². The highest BCUT2D eigenvalue weighted by Crippen LogP contribution is 2.27. The molecule has 0 N–H and O–H groups in total. The van der Waals surface area contributed by atoms with Crippen molar-refractivity contribution in [2.75, 3.05) is 6.61 Å². The normalized spacial score (nSPS) is 11.0. The summed E-state index contributed by atoms with van der Waals surface area (Å²) in [5.41, 5.74) is 5.48. The van der Waals surface area contributed by atoms with E-state index < -0.39 is 5.97 Å². The molecule has 5 heteroatoms. The van der Waals surface area contributed by atoms with Crippen LogP contribution in [-0.2, 0) is 11.2 Å². The molecule has 4 rings (SSSR count). The molecule has 0 fully saturated rings. The Hall–Kier alpha value is -3.50. The Kier molecular flexibility index (Phi) is 8.50. The van der Waals surface area contributed by atoms with Crippen molar-refractivity contribution in [2.24, 2.45) is 0 Å². The average Bonchev–Trinajstić information content (AvgIpc) is 2.89. The first-order valence-corrected chi connectivity index (χ1v) is 12.8. The van der Waals surface area contributed by atoms with Crippen LogP contribution >= 0.6 is 11.6 Å². The van der Waals surface area contributed by atoms with Crippen LogP contribution in [0.3, 0.4) is 0 Å². The highest BCUT2D eigenvalue weighted by Gasteiger charge is 2.17. The molecular weight excluding hydrogens is 470 g/mol.